The van der Waals surface area contributed by atoms with Crippen LogP contribution in [0.4, 0.5) is 5.69 Å². The zero-order valence-corrected chi connectivity index (χ0v) is 22.6. The minimum absolute atomic E-state index is 0.0771. The quantitative estimate of drug-likeness (QED) is 0.521. The fourth-order valence-corrected chi connectivity index (χ4v) is 5.72. The Kier molecular flexibility index (Phi) is 9.83. The molecule has 1 aromatic heterocycles. The van der Waals surface area contributed by atoms with Crippen molar-refractivity contribution in [2.24, 2.45) is 5.92 Å². The van der Waals surface area contributed by atoms with Crippen LogP contribution in [0.3, 0.4) is 0 Å². The van der Waals surface area contributed by atoms with Crippen LogP contribution in [0.25, 0.3) is 0 Å². The van der Waals surface area contributed by atoms with Gasteiger partial charge in [-0.15, -0.1) is 0 Å². The maximum Gasteiger partial charge on any atom is 0.241 e. The lowest BCUT2D eigenvalue weighted by molar-refractivity contribution is -0.132. The lowest BCUT2D eigenvalue weighted by Gasteiger charge is -2.35. The molecule has 36 heavy (non-hydrogen) atoms. The van der Waals surface area contributed by atoms with E-state index in [4.69, 9.17) is 4.74 Å². The summed E-state index contributed by atoms with van der Waals surface area (Å²) in [6.07, 6.45) is 5.62. The van der Waals surface area contributed by atoms with Crippen molar-refractivity contribution in [1.29, 1.82) is 0 Å². The normalized spacial score (nSPS) is 15.0. The van der Waals surface area contributed by atoms with Crippen molar-refractivity contribution in [3.63, 3.8) is 0 Å². The van der Waals surface area contributed by atoms with Gasteiger partial charge in [-0.1, -0.05) is 0 Å². The maximum absolute atomic E-state index is 13.0. The van der Waals surface area contributed by atoms with E-state index in [2.05, 4.69) is 15.2 Å². The van der Waals surface area contributed by atoms with Crippen LogP contribution in [0.2, 0.25) is 0 Å². The SMILES string of the molecule is COc1cc(C)c(S(=O)N(C)CC(=O)NCC(=O)N(C)CC2CCN(c3ccncc3)CC2)c(C)c1. The number of ether oxygens (including phenoxy) is 1. The number of hydrogen-bond donors (Lipinski definition) is 1. The van der Waals surface area contributed by atoms with Crippen LogP contribution >= 0.6 is 0 Å². The Hall–Kier alpha value is -2.98. The maximum atomic E-state index is 13.0. The summed E-state index contributed by atoms with van der Waals surface area (Å²) in [7, 11) is 3.48. The summed E-state index contributed by atoms with van der Waals surface area (Å²) in [5.41, 5.74) is 2.85. The Bertz CT molecular complexity index is 1050. The lowest BCUT2D eigenvalue weighted by Crippen LogP contribution is -2.44. The molecule has 0 spiro atoms. The molecule has 2 amide bonds. The van der Waals surface area contributed by atoms with Crippen molar-refractivity contribution in [2.45, 2.75) is 31.6 Å². The van der Waals surface area contributed by atoms with Gasteiger partial charge in [0.15, 0.2) is 0 Å². The van der Waals surface area contributed by atoms with E-state index in [0.717, 1.165) is 37.1 Å². The Morgan fingerprint density at radius 1 is 1.14 bits per heavy atom. The topological polar surface area (TPSA) is 95.1 Å². The summed E-state index contributed by atoms with van der Waals surface area (Å²) in [5.74, 6) is 0.651. The number of carbonyl (C=O) groups excluding carboxylic acids is 2. The molecule has 0 saturated carbocycles. The van der Waals surface area contributed by atoms with Crippen LogP contribution in [-0.2, 0) is 20.6 Å². The van der Waals surface area contributed by atoms with Crippen molar-refractivity contribution in [2.75, 3.05) is 58.8 Å². The van der Waals surface area contributed by atoms with Crippen molar-refractivity contribution in [1.82, 2.24) is 19.5 Å². The minimum Gasteiger partial charge on any atom is -0.497 e. The highest BCUT2D eigenvalue weighted by Crippen LogP contribution is 2.26. The first kappa shape index (κ1) is 27.6. The first-order valence-electron chi connectivity index (χ1n) is 12.1. The van der Waals surface area contributed by atoms with Gasteiger partial charge < -0.3 is 19.9 Å². The molecule has 1 unspecified atom stereocenters. The monoisotopic (exact) mass is 515 g/mol. The van der Waals surface area contributed by atoms with Crippen LogP contribution in [0, 0.1) is 19.8 Å². The van der Waals surface area contributed by atoms with E-state index in [0.29, 0.717) is 23.1 Å². The molecule has 2 heterocycles. The highest BCUT2D eigenvalue weighted by molar-refractivity contribution is 7.82. The second kappa shape index (κ2) is 12.8. The standard InChI is InChI=1S/C26H37N5O4S/c1-19-14-23(35-5)15-20(2)26(19)36(34)30(4)18-24(32)28-16-25(33)29(3)17-21-8-12-31(13-9-21)22-6-10-27-11-7-22/h6-7,10-11,14-15,21H,8-9,12-13,16-18H2,1-5H3,(H,28,32). The van der Waals surface area contributed by atoms with Crippen LogP contribution in [0.5, 0.6) is 5.75 Å². The molecule has 1 fully saturated rings. The summed E-state index contributed by atoms with van der Waals surface area (Å²) >= 11 is 0. The lowest BCUT2D eigenvalue weighted by atomic mass is 9.96. The first-order chi connectivity index (χ1) is 17.2. The Balaban J connectivity index is 1.42. The van der Waals surface area contributed by atoms with Gasteiger partial charge in [0.25, 0.3) is 0 Å². The van der Waals surface area contributed by atoms with Gasteiger partial charge in [0.2, 0.25) is 11.8 Å². The van der Waals surface area contributed by atoms with Crippen LogP contribution < -0.4 is 15.0 Å². The molecular weight excluding hydrogens is 478 g/mol. The summed E-state index contributed by atoms with van der Waals surface area (Å²) in [6, 6.07) is 7.69. The summed E-state index contributed by atoms with van der Waals surface area (Å²) in [6.45, 7) is 6.14. The average molecular weight is 516 g/mol. The second-order valence-corrected chi connectivity index (χ2v) is 10.8. The van der Waals surface area contributed by atoms with Gasteiger partial charge in [0.05, 0.1) is 25.1 Å². The van der Waals surface area contributed by atoms with E-state index in [1.54, 1.807) is 38.5 Å². The predicted molar refractivity (Wildman–Crippen MR) is 141 cm³/mol. The first-order valence-corrected chi connectivity index (χ1v) is 13.2. The van der Waals surface area contributed by atoms with Crippen molar-refractivity contribution in [3.8, 4) is 5.75 Å². The molecule has 10 heteroatoms. The van der Waals surface area contributed by atoms with Crippen LogP contribution in [0.15, 0.2) is 41.6 Å². The van der Waals surface area contributed by atoms with Gasteiger partial charge in [-0.25, -0.2) is 8.51 Å². The average Bonchev–Trinajstić information content (AvgIpc) is 2.87. The second-order valence-electron chi connectivity index (χ2n) is 9.31. The van der Waals surface area contributed by atoms with E-state index in [9.17, 15) is 13.8 Å². The number of methoxy groups -OCH3 is 1. The van der Waals surface area contributed by atoms with Gasteiger partial charge >= 0.3 is 0 Å². The highest BCUT2D eigenvalue weighted by Gasteiger charge is 2.23. The number of hydrogen-bond acceptors (Lipinski definition) is 6. The number of rotatable bonds is 10. The summed E-state index contributed by atoms with van der Waals surface area (Å²) < 4.78 is 19.8. The highest BCUT2D eigenvalue weighted by atomic mass is 32.2. The molecule has 1 aliphatic heterocycles. The third-order valence-corrected chi connectivity index (χ3v) is 8.22. The molecule has 0 aliphatic carbocycles. The molecule has 1 atom stereocenters. The number of carbonyl (C=O) groups is 2. The number of nitrogens with zero attached hydrogens (tertiary/aromatic N) is 4. The summed E-state index contributed by atoms with van der Waals surface area (Å²) in [5, 5.41) is 2.67. The van der Waals surface area contributed by atoms with E-state index in [1.807, 2.05) is 38.1 Å². The van der Waals surface area contributed by atoms with Crippen molar-refractivity contribution < 1.29 is 18.5 Å². The molecule has 3 rings (SSSR count). The molecule has 0 bridgehead atoms. The number of benzene rings is 1. The van der Waals surface area contributed by atoms with Gasteiger partial charge in [0.1, 0.15) is 16.7 Å². The number of nitrogens with one attached hydrogen (secondary N) is 1. The molecule has 2 aromatic rings. The molecule has 9 nitrogen and oxygen atoms in total. The third kappa shape index (κ3) is 7.27. The van der Waals surface area contributed by atoms with E-state index in [1.165, 1.54) is 9.99 Å². The van der Waals surface area contributed by atoms with Gasteiger partial charge in [-0.05, 0) is 68.0 Å². The van der Waals surface area contributed by atoms with Crippen LogP contribution in [-0.4, -0.2) is 84.1 Å². The number of amides is 2. The largest absolute Gasteiger partial charge is 0.497 e. The number of pyridine rings is 1. The molecular formula is C26H37N5O4S. The van der Waals surface area contributed by atoms with Crippen LogP contribution in [0.1, 0.15) is 24.0 Å². The predicted octanol–water partition coefficient (Wildman–Crippen LogP) is 2.15. The molecule has 1 aliphatic rings. The number of aryl methyl sites for hydroxylation is 2. The molecule has 1 N–H and O–H groups in total. The fraction of sp³-hybridized carbons (Fsp3) is 0.500. The minimum atomic E-state index is -1.51. The van der Waals surface area contributed by atoms with E-state index in [-0.39, 0.29) is 24.9 Å². The Morgan fingerprint density at radius 3 is 2.33 bits per heavy atom. The van der Waals surface area contributed by atoms with Gasteiger partial charge in [-0.3, -0.25) is 14.6 Å². The number of piperidine rings is 1. The van der Waals surface area contributed by atoms with E-state index >= 15 is 0 Å². The molecule has 196 valence electrons. The van der Waals surface area contributed by atoms with Gasteiger partial charge in [-0.2, -0.15) is 0 Å². The Morgan fingerprint density at radius 2 is 1.75 bits per heavy atom. The summed E-state index contributed by atoms with van der Waals surface area (Å²) in [4.78, 5) is 33.8. The van der Waals surface area contributed by atoms with Crippen molar-refractivity contribution >= 4 is 28.5 Å². The smallest absolute Gasteiger partial charge is 0.241 e. The molecule has 1 saturated heterocycles. The van der Waals surface area contributed by atoms with E-state index < -0.39 is 11.0 Å². The Labute approximate surface area is 216 Å². The van der Waals surface area contributed by atoms with Gasteiger partial charge in [0, 0.05) is 51.8 Å². The number of likely N-dealkylation sites (N-methyl/N-ethyl adjacent to an activating group) is 2. The zero-order valence-electron chi connectivity index (χ0n) is 21.8. The third-order valence-electron chi connectivity index (χ3n) is 6.53. The van der Waals surface area contributed by atoms with Crippen molar-refractivity contribution in [3.05, 3.63) is 47.8 Å². The molecule has 0 radical (unpaired) electrons. The zero-order chi connectivity index (χ0) is 26.2. The number of aromatic nitrogens is 1. The molecule has 1 aromatic carbocycles. The number of anilines is 1. The fourth-order valence-electron chi connectivity index (χ4n) is 4.50.